The molecule has 0 saturated carbocycles. The summed E-state index contributed by atoms with van der Waals surface area (Å²) in [6.07, 6.45) is 0. The van der Waals surface area contributed by atoms with Gasteiger partial charge in [0.1, 0.15) is 0 Å². The average Bonchev–Trinajstić information content (AvgIpc) is 2.27. The van der Waals surface area contributed by atoms with Crippen molar-refractivity contribution in [1.82, 2.24) is 0 Å². The van der Waals surface area contributed by atoms with Crippen LogP contribution in [0.2, 0.25) is 0 Å². The van der Waals surface area contributed by atoms with E-state index in [4.69, 9.17) is 10.2 Å². The van der Waals surface area contributed by atoms with Crippen molar-refractivity contribution in [2.24, 2.45) is 0 Å². The van der Waals surface area contributed by atoms with E-state index in [1.165, 1.54) is 6.07 Å². The number of hydrogen-bond donors (Lipinski definition) is 2. The molecule has 0 heterocycles. The molecule has 0 aromatic heterocycles. The number of aryl methyl sites for hydroxylation is 2. The molecule has 0 radical (unpaired) electrons. The summed E-state index contributed by atoms with van der Waals surface area (Å²) in [5.41, 5.74) is 1.18. The van der Waals surface area contributed by atoms with Gasteiger partial charge in [-0.3, -0.25) is 0 Å². The lowest BCUT2D eigenvalue weighted by Crippen LogP contribution is -2.10. The molecule has 0 aliphatic rings. The van der Waals surface area contributed by atoms with Crippen molar-refractivity contribution < 1.29 is 19.8 Å². The maximum atomic E-state index is 11.2. The highest BCUT2D eigenvalue weighted by Crippen LogP contribution is 2.26. The Labute approximate surface area is 103 Å². The molecule has 2 aromatic carbocycles. The molecule has 0 aliphatic heterocycles. The van der Waals surface area contributed by atoms with Crippen LogP contribution in [0, 0.1) is 13.8 Å². The molecule has 0 spiro atoms. The minimum Gasteiger partial charge on any atom is -0.478 e. The van der Waals surface area contributed by atoms with E-state index in [1.807, 2.05) is 25.1 Å². The molecule has 0 bridgehead atoms. The normalized spacial score (nSPS) is 10.6. The van der Waals surface area contributed by atoms with Gasteiger partial charge in [-0.25, -0.2) is 9.59 Å². The topological polar surface area (TPSA) is 74.6 Å². The second-order valence-corrected chi connectivity index (χ2v) is 4.26. The van der Waals surface area contributed by atoms with Gasteiger partial charge in [-0.15, -0.1) is 0 Å². The second kappa shape index (κ2) is 4.14. The Morgan fingerprint density at radius 2 is 1.67 bits per heavy atom. The van der Waals surface area contributed by atoms with Crippen LogP contribution >= 0.6 is 0 Å². The third kappa shape index (κ3) is 1.82. The average molecular weight is 244 g/mol. The van der Waals surface area contributed by atoms with E-state index in [-0.39, 0.29) is 11.1 Å². The molecule has 4 nitrogen and oxygen atoms in total. The first-order valence-corrected chi connectivity index (χ1v) is 5.42. The minimum atomic E-state index is -1.22. The first kappa shape index (κ1) is 12.1. The molecule has 92 valence electrons. The highest BCUT2D eigenvalue weighted by Gasteiger charge is 2.20. The zero-order valence-electron chi connectivity index (χ0n) is 10.0. The molecule has 0 saturated heterocycles. The minimum absolute atomic E-state index is 0.140. The van der Waals surface area contributed by atoms with Gasteiger partial charge >= 0.3 is 11.9 Å². The summed E-state index contributed by atoms with van der Waals surface area (Å²) in [4.78, 5) is 22.3. The van der Waals surface area contributed by atoms with Crippen LogP contribution in [-0.2, 0) is 0 Å². The lowest BCUT2D eigenvalue weighted by atomic mass is 9.94. The van der Waals surface area contributed by atoms with Gasteiger partial charge in [-0.2, -0.15) is 0 Å². The largest absolute Gasteiger partial charge is 0.478 e. The summed E-state index contributed by atoms with van der Waals surface area (Å²) < 4.78 is 0. The van der Waals surface area contributed by atoms with Crippen LogP contribution in [0.4, 0.5) is 0 Å². The summed E-state index contributed by atoms with van der Waals surface area (Å²) in [7, 11) is 0. The molecule has 18 heavy (non-hydrogen) atoms. The number of carbonyl (C=O) groups is 2. The van der Waals surface area contributed by atoms with Crippen LogP contribution in [0.5, 0.6) is 0 Å². The monoisotopic (exact) mass is 244 g/mol. The molecule has 0 fully saturated rings. The van der Waals surface area contributed by atoms with Crippen LogP contribution in [0.3, 0.4) is 0 Å². The number of carboxylic acids is 2. The standard InChI is InChI=1S/C14H12O4/c1-7-3-4-10-8(2)12(14(17)18)11(13(15)16)6-9(10)5-7/h3-6H,1-2H3,(H,15,16)(H,17,18). The Balaban J connectivity index is 2.94. The summed E-state index contributed by atoms with van der Waals surface area (Å²) in [5, 5.41) is 19.8. The fourth-order valence-electron chi connectivity index (χ4n) is 2.15. The quantitative estimate of drug-likeness (QED) is 0.851. The van der Waals surface area contributed by atoms with Crippen molar-refractivity contribution in [2.75, 3.05) is 0 Å². The third-order valence-electron chi connectivity index (χ3n) is 3.00. The van der Waals surface area contributed by atoms with Crippen molar-refractivity contribution in [3.05, 3.63) is 46.5 Å². The number of benzene rings is 2. The van der Waals surface area contributed by atoms with E-state index in [2.05, 4.69) is 0 Å². The van der Waals surface area contributed by atoms with Gasteiger partial charge in [0.05, 0.1) is 11.1 Å². The van der Waals surface area contributed by atoms with E-state index in [1.54, 1.807) is 6.92 Å². The molecule has 0 unspecified atom stereocenters. The maximum absolute atomic E-state index is 11.2. The number of aromatic carboxylic acids is 2. The Hall–Kier alpha value is -2.36. The van der Waals surface area contributed by atoms with Gasteiger partial charge in [0.2, 0.25) is 0 Å². The van der Waals surface area contributed by atoms with Crippen molar-refractivity contribution in [2.45, 2.75) is 13.8 Å². The SMILES string of the molecule is Cc1ccc2c(C)c(C(=O)O)c(C(=O)O)cc2c1. The lowest BCUT2D eigenvalue weighted by molar-refractivity contribution is 0.0651. The summed E-state index contributed by atoms with van der Waals surface area (Å²) in [5.74, 6) is -2.44. The van der Waals surface area contributed by atoms with Gasteiger partial charge < -0.3 is 10.2 Å². The maximum Gasteiger partial charge on any atom is 0.336 e. The molecule has 2 aromatic rings. The van der Waals surface area contributed by atoms with Crippen LogP contribution in [0.25, 0.3) is 10.8 Å². The zero-order valence-corrected chi connectivity index (χ0v) is 10.0. The van der Waals surface area contributed by atoms with Crippen molar-refractivity contribution >= 4 is 22.7 Å². The highest BCUT2D eigenvalue weighted by molar-refractivity contribution is 6.08. The Bertz CT molecular complexity index is 671. The number of rotatable bonds is 2. The van der Waals surface area contributed by atoms with E-state index >= 15 is 0 Å². The molecule has 0 amide bonds. The summed E-state index contributed by atoms with van der Waals surface area (Å²) in [6, 6.07) is 6.96. The number of fused-ring (bicyclic) bond motifs is 1. The zero-order chi connectivity index (χ0) is 13.4. The number of carboxylic acid groups (broad SMARTS) is 2. The van der Waals surface area contributed by atoms with Gasteiger partial charge in [0.15, 0.2) is 0 Å². The van der Waals surface area contributed by atoms with Crippen LogP contribution in [0.15, 0.2) is 24.3 Å². The molecular formula is C14H12O4. The summed E-state index contributed by atoms with van der Waals surface area (Å²) >= 11 is 0. The van der Waals surface area contributed by atoms with E-state index < -0.39 is 11.9 Å². The Morgan fingerprint density at radius 1 is 1.00 bits per heavy atom. The van der Waals surface area contributed by atoms with Crippen LogP contribution < -0.4 is 0 Å². The van der Waals surface area contributed by atoms with Crippen LogP contribution in [-0.4, -0.2) is 22.2 Å². The van der Waals surface area contributed by atoms with Gasteiger partial charge in [0.25, 0.3) is 0 Å². The molecule has 0 atom stereocenters. The fraction of sp³-hybridized carbons (Fsp3) is 0.143. The van der Waals surface area contributed by atoms with E-state index in [9.17, 15) is 9.59 Å². The third-order valence-corrected chi connectivity index (χ3v) is 3.00. The smallest absolute Gasteiger partial charge is 0.336 e. The molecular weight excluding hydrogens is 232 g/mol. The highest BCUT2D eigenvalue weighted by atomic mass is 16.4. The molecule has 2 N–H and O–H groups in total. The van der Waals surface area contributed by atoms with Crippen LogP contribution in [0.1, 0.15) is 31.8 Å². The Kier molecular flexibility index (Phi) is 2.79. The molecule has 0 aliphatic carbocycles. The first-order valence-electron chi connectivity index (χ1n) is 5.42. The fourth-order valence-corrected chi connectivity index (χ4v) is 2.15. The predicted octanol–water partition coefficient (Wildman–Crippen LogP) is 2.85. The summed E-state index contributed by atoms with van der Waals surface area (Å²) in [6.45, 7) is 3.54. The number of hydrogen-bond acceptors (Lipinski definition) is 2. The van der Waals surface area contributed by atoms with E-state index in [0.29, 0.717) is 5.56 Å². The molecule has 2 rings (SSSR count). The van der Waals surface area contributed by atoms with E-state index in [0.717, 1.165) is 16.3 Å². The van der Waals surface area contributed by atoms with Gasteiger partial charge in [-0.05, 0) is 36.2 Å². The van der Waals surface area contributed by atoms with Gasteiger partial charge in [-0.1, -0.05) is 23.8 Å². The first-order chi connectivity index (χ1) is 8.41. The Morgan fingerprint density at radius 3 is 2.22 bits per heavy atom. The van der Waals surface area contributed by atoms with Crippen molar-refractivity contribution in [3.63, 3.8) is 0 Å². The van der Waals surface area contributed by atoms with Crippen molar-refractivity contribution in [3.8, 4) is 0 Å². The molecule has 4 heteroatoms. The van der Waals surface area contributed by atoms with Gasteiger partial charge in [0, 0.05) is 0 Å². The lowest BCUT2D eigenvalue weighted by Gasteiger charge is -2.10. The second-order valence-electron chi connectivity index (χ2n) is 4.26. The van der Waals surface area contributed by atoms with Crippen molar-refractivity contribution in [1.29, 1.82) is 0 Å². The predicted molar refractivity (Wildman–Crippen MR) is 67.3 cm³/mol.